The van der Waals surface area contributed by atoms with Crippen molar-refractivity contribution in [2.75, 3.05) is 12.3 Å². The highest BCUT2D eigenvalue weighted by molar-refractivity contribution is 5.95. The molecule has 0 aliphatic carbocycles. The second-order valence-corrected chi connectivity index (χ2v) is 3.36. The molecule has 88 valence electrons. The number of nitrogens with zero attached hydrogens (tertiary/aromatic N) is 3. The zero-order valence-electron chi connectivity index (χ0n) is 8.96. The van der Waals surface area contributed by atoms with Crippen LogP contribution in [-0.2, 0) is 6.42 Å². The first-order chi connectivity index (χ1) is 8.27. The van der Waals surface area contributed by atoms with E-state index in [2.05, 4.69) is 25.2 Å². The summed E-state index contributed by atoms with van der Waals surface area (Å²) in [5, 5.41) is 9.41. The summed E-state index contributed by atoms with van der Waals surface area (Å²) in [5.74, 6) is -0.399. The summed E-state index contributed by atoms with van der Waals surface area (Å²) in [5.41, 5.74) is 6.49. The Morgan fingerprint density at radius 3 is 2.76 bits per heavy atom. The number of nitrogens with one attached hydrogen (secondary N) is 1. The Morgan fingerprint density at radius 2 is 2.12 bits per heavy atom. The first-order valence-corrected chi connectivity index (χ1v) is 5.02. The van der Waals surface area contributed by atoms with Gasteiger partial charge < -0.3 is 11.1 Å². The molecule has 7 nitrogen and oxygen atoms in total. The molecule has 17 heavy (non-hydrogen) atoms. The van der Waals surface area contributed by atoms with Gasteiger partial charge in [0.15, 0.2) is 0 Å². The number of aromatic nitrogens is 3. The summed E-state index contributed by atoms with van der Waals surface area (Å²) in [6, 6.07) is 3.77. The molecule has 2 heterocycles. The lowest BCUT2D eigenvalue weighted by molar-refractivity contribution is 0.0945. The molecule has 0 saturated carbocycles. The molecule has 0 radical (unpaired) electrons. The van der Waals surface area contributed by atoms with Crippen LogP contribution in [0.1, 0.15) is 16.1 Å². The van der Waals surface area contributed by atoms with Gasteiger partial charge in [-0.3, -0.25) is 9.78 Å². The molecule has 0 bridgehead atoms. The van der Waals surface area contributed by atoms with Gasteiger partial charge in [-0.2, -0.15) is 0 Å². The molecule has 0 aliphatic rings. The maximum absolute atomic E-state index is 11.6. The Kier molecular flexibility index (Phi) is 3.29. The molecule has 0 spiro atoms. The highest BCUT2D eigenvalue weighted by Crippen LogP contribution is 2.03. The average Bonchev–Trinajstić information content (AvgIpc) is 2.77. The van der Waals surface area contributed by atoms with Gasteiger partial charge in [-0.05, 0) is 34.4 Å². The number of hydrogen-bond donors (Lipinski definition) is 2. The largest absolute Gasteiger partial charge is 0.379 e. The van der Waals surface area contributed by atoms with E-state index in [-0.39, 0.29) is 11.5 Å². The zero-order valence-corrected chi connectivity index (χ0v) is 8.96. The molecule has 0 unspecified atom stereocenters. The summed E-state index contributed by atoms with van der Waals surface area (Å²) in [6.45, 7) is 0.481. The van der Waals surface area contributed by atoms with Crippen molar-refractivity contribution < 1.29 is 9.42 Å². The Balaban J connectivity index is 1.84. The van der Waals surface area contributed by atoms with Crippen molar-refractivity contribution in [3.05, 3.63) is 35.8 Å². The van der Waals surface area contributed by atoms with Crippen LogP contribution in [-0.4, -0.2) is 27.7 Å². The molecule has 2 aromatic rings. The molecule has 2 aromatic heterocycles. The molecule has 3 N–H and O–H groups in total. The van der Waals surface area contributed by atoms with Crippen molar-refractivity contribution in [1.29, 1.82) is 0 Å². The van der Waals surface area contributed by atoms with E-state index in [0.717, 1.165) is 5.56 Å². The van der Waals surface area contributed by atoms with Gasteiger partial charge in [-0.1, -0.05) is 0 Å². The van der Waals surface area contributed by atoms with E-state index in [1.165, 1.54) is 0 Å². The Bertz CT molecular complexity index is 496. The highest BCUT2D eigenvalue weighted by atomic mass is 16.6. The molecule has 2 rings (SSSR count). The van der Waals surface area contributed by atoms with Crippen LogP contribution in [0.3, 0.4) is 0 Å². The van der Waals surface area contributed by atoms with Crippen LogP contribution in [0.4, 0.5) is 5.82 Å². The number of carbonyl (C=O) groups excluding carboxylic acids is 1. The normalized spacial score (nSPS) is 10.1. The fourth-order valence-electron chi connectivity index (χ4n) is 1.31. The second-order valence-electron chi connectivity index (χ2n) is 3.36. The van der Waals surface area contributed by atoms with Crippen LogP contribution in [0.25, 0.3) is 0 Å². The smallest absolute Gasteiger partial charge is 0.277 e. The van der Waals surface area contributed by atoms with Crippen LogP contribution >= 0.6 is 0 Å². The van der Waals surface area contributed by atoms with Gasteiger partial charge in [0, 0.05) is 18.9 Å². The topological polar surface area (TPSA) is 107 Å². The number of carbonyl (C=O) groups is 1. The van der Waals surface area contributed by atoms with Crippen molar-refractivity contribution in [2.45, 2.75) is 6.42 Å². The standard InChI is InChI=1S/C10H11N5O2/c11-9-8(14-17-15-9)10(16)13-6-3-7-1-4-12-5-2-7/h1-2,4-5H,3,6H2,(H2,11,15)(H,13,16). The predicted octanol–water partition coefficient (Wildman–Crippen LogP) is 0.0193. The molecule has 1 amide bonds. The number of amides is 1. The van der Waals surface area contributed by atoms with Crippen molar-refractivity contribution in [3.63, 3.8) is 0 Å². The van der Waals surface area contributed by atoms with Crippen LogP contribution in [0, 0.1) is 0 Å². The molecule has 0 fully saturated rings. The summed E-state index contributed by atoms with van der Waals surface area (Å²) < 4.78 is 4.34. The highest BCUT2D eigenvalue weighted by Gasteiger charge is 2.14. The first kappa shape index (κ1) is 11.1. The lowest BCUT2D eigenvalue weighted by Crippen LogP contribution is -2.26. The molecule has 0 aliphatic heterocycles. The molecule has 7 heteroatoms. The van der Waals surface area contributed by atoms with Crippen LogP contribution < -0.4 is 11.1 Å². The van der Waals surface area contributed by atoms with Gasteiger partial charge in [0.2, 0.25) is 11.5 Å². The minimum atomic E-state index is -0.391. The Morgan fingerprint density at radius 1 is 1.35 bits per heavy atom. The van der Waals surface area contributed by atoms with E-state index in [1.54, 1.807) is 12.4 Å². The lowest BCUT2D eigenvalue weighted by atomic mass is 10.2. The average molecular weight is 233 g/mol. The van der Waals surface area contributed by atoms with Gasteiger partial charge in [-0.15, -0.1) is 0 Å². The fraction of sp³-hybridized carbons (Fsp3) is 0.200. The maximum Gasteiger partial charge on any atom is 0.277 e. The van der Waals surface area contributed by atoms with Gasteiger partial charge in [-0.25, -0.2) is 4.63 Å². The molecule has 0 atom stereocenters. The van der Waals surface area contributed by atoms with Crippen molar-refractivity contribution >= 4 is 11.7 Å². The van der Waals surface area contributed by atoms with Crippen LogP contribution in [0.2, 0.25) is 0 Å². The SMILES string of the molecule is Nc1nonc1C(=O)NCCc1ccncc1. The van der Waals surface area contributed by atoms with Gasteiger partial charge >= 0.3 is 0 Å². The van der Waals surface area contributed by atoms with Crippen LogP contribution in [0.15, 0.2) is 29.2 Å². The summed E-state index contributed by atoms with van der Waals surface area (Å²) in [4.78, 5) is 15.5. The third-order valence-electron chi connectivity index (χ3n) is 2.18. The van der Waals surface area contributed by atoms with Gasteiger partial charge in [0.1, 0.15) is 0 Å². The van der Waals surface area contributed by atoms with Crippen LogP contribution in [0.5, 0.6) is 0 Å². The second kappa shape index (κ2) is 5.06. The monoisotopic (exact) mass is 233 g/mol. The Labute approximate surface area is 97.0 Å². The van der Waals surface area contributed by atoms with E-state index in [4.69, 9.17) is 5.73 Å². The summed E-state index contributed by atoms with van der Waals surface area (Å²) in [7, 11) is 0. The predicted molar refractivity (Wildman–Crippen MR) is 59.0 cm³/mol. The van der Waals surface area contributed by atoms with Gasteiger partial charge in [0.25, 0.3) is 5.91 Å². The molecular formula is C10H11N5O2. The maximum atomic E-state index is 11.6. The minimum absolute atomic E-state index is 0.00795. The van der Waals surface area contributed by atoms with Crippen molar-refractivity contribution in [3.8, 4) is 0 Å². The summed E-state index contributed by atoms with van der Waals surface area (Å²) in [6.07, 6.45) is 4.12. The van der Waals surface area contributed by atoms with Crippen molar-refractivity contribution in [2.24, 2.45) is 0 Å². The first-order valence-electron chi connectivity index (χ1n) is 5.02. The fourth-order valence-corrected chi connectivity index (χ4v) is 1.31. The van der Waals surface area contributed by atoms with E-state index in [0.29, 0.717) is 13.0 Å². The quantitative estimate of drug-likeness (QED) is 0.770. The number of nitrogens with two attached hydrogens (primary N) is 1. The van der Waals surface area contributed by atoms with Crippen molar-refractivity contribution in [1.82, 2.24) is 20.6 Å². The summed E-state index contributed by atoms with van der Waals surface area (Å²) >= 11 is 0. The van der Waals surface area contributed by atoms with E-state index >= 15 is 0 Å². The van der Waals surface area contributed by atoms with Gasteiger partial charge in [0.05, 0.1) is 0 Å². The Hall–Kier alpha value is -2.44. The van der Waals surface area contributed by atoms with E-state index in [9.17, 15) is 4.79 Å². The molecular weight excluding hydrogens is 222 g/mol. The zero-order chi connectivity index (χ0) is 12.1. The molecule has 0 saturated heterocycles. The number of pyridine rings is 1. The minimum Gasteiger partial charge on any atom is -0.379 e. The number of rotatable bonds is 4. The number of anilines is 1. The number of nitrogen functional groups attached to an aromatic ring is 1. The third-order valence-corrected chi connectivity index (χ3v) is 2.18. The third kappa shape index (κ3) is 2.77. The lowest BCUT2D eigenvalue weighted by Gasteiger charge is -2.02. The van der Waals surface area contributed by atoms with E-state index < -0.39 is 5.91 Å². The molecule has 0 aromatic carbocycles. The van der Waals surface area contributed by atoms with E-state index in [1.807, 2.05) is 12.1 Å². The number of hydrogen-bond acceptors (Lipinski definition) is 6.